The normalized spacial score (nSPS) is 18.3. The molecule has 28 heavy (non-hydrogen) atoms. The highest BCUT2D eigenvalue weighted by atomic mass is 32.2. The minimum Gasteiger partial charge on any atom is -0.478 e. The Kier molecular flexibility index (Phi) is 6.12. The number of pyridine rings is 1. The van der Waals surface area contributed by atoms with E-state index in [0.717, 1.165) is 36.1 Å². The van der Waals surface area contributed by atoms with Crippen LogP contribution in [0, 0.1) is 5.92 Å². The lowest BCUT2D eigenvalue weighted by Crippen LogP contribution is -2.45. The van der Waals surface area contributed by atoms with Crippen molar-refractivity contribution in [2.75, 3.05) is 27.2 Å². The Morgan fingerprint density at radius 1 is 1.21 bits per heavy atom. The first-order valence-electron chi connectivity index (χ1n) is 9.23. The summed E-state index contributed by atoms with van der Waals surface area (Å²) in [6.07, 6.45) is 4.46. The molecule has 1 aromatic carbocycles. The second kappa shape index (κ2) is 8.38. The van der Waals surface area contributed by atoms with Crippen molar-refractivity contribution >= 4 is 16.2 Å². The molecule has 2 aromatic rings. The van der Waals surface area contributed by atoms with E-state index in [9.17, 15) is 13.2 Å². The predicted octanol–water partition coefficient (Wildman–Crippen LogP) is 2.51. The van der Waals surface area contributed by atoms with E-state index in [1.54, 1.807) is 42.7 Å². The van der Waals surface area contributed by atoms with E-state index in [0.29, 0.717) is 13.1 Å². The summed E-state index contributed by atoms with van der Waals surface area (Å²) in [5.74, 6) is -0.682. The van der Waals surface area contributed by atoms with Crippen molar-refractivity contribution in [1.82, 2.24) is 13.6 Å². The molecule has 1 saturated heterocycles. The van der Waals surface area contributed by atoms with Crippen molar-refractivity contribution in [3.05, 3.63) is 53.7 Å². The molecule has 0 amide bonds. The number of rotatable bonds is 6. The molecule has 1 atom stereocenters. The quantitative estimate of drug-likeness (QED) is 0.800. The molecular formula is C20H25N3O4S. The monoisotopic (exact) mass is 403 g/mol. The van der Waals surface area contributed by atoms with Crippen molar-refractivity contribution in [2.24, 2.45) is 5.92 Å². The lowest BCUT2D eigenvalue weighted by molar-refractivity contribution is 0.0697. The van der Waals surface area contributed by atoms with Gasteiger partial charge >= 0.3 is 5.97 Å². The fourth-order valence-electron chi connectivity index (χ4n) is 3.47. The summed E-state index contributed by atoms with van der Waals surface area (Å²) in [6, 6.07) is 10.5. The zero-order valence-electron chi connectivity index (χ0n) is 16.1. The Morgan fingerprint density at radius 3 is 2.50 bits per heavy atom. The fraction of sp³-hybridized carbons (Fsp3) is 0.400. The van der Waals surface area contributed by atoms with Gasteiger partial charge in [0.25, 0.3) is 10.2 Å². The number of carboxylic acids is 1. The average molecular weight is 404 g/mol. The molecule has 1 aromatic heterocycles. The average Bonchev–Trinajstić information content (AvgIpc) is 2.69. The summed E-state index contributed by atoms with van der Waals surface area (Å²) in [4.78, 5) is 15.4. The molecule has 1 aliphatic rings. The van der Waals surface area contributed by atoms with Crippen LogP contribution in [0.1, 0.15) is 28.8 Å². The van der Waals surface area contributed by atoms with Crippen LogP contribution < -0.4 is 0 Å². The highest BCUT2D eigenvalue weighted by Gasteiger charge is 2.30. The summed E-state index contributed by atoms with van der Waals surface area (Å²) < 4.78 is 27.5. The van der Waals surface area contributed by atoms with E-state index in [1.165, 1.54) is 4.31 Å². The van der Waals surface area contributed by atoms with Gasteiger partial charge in [0.2, 0.25) is 0 Å². The van der Waals surface area contributed by atoms with Gasteiger partial charge in [-0.3, -0.25) is 4.98 Å². The molecule has 0 saturated carbocycles. The Bertz CT molecular complexity index is 925. The van der Waals surface area contributed by atoms with E-state index in [1.807, 2.05) is 18.3 Å². The van der Waals surface area contributed by atoms with Crippen molar-refractivity contribution in [3.8, 4) is 11.3 Å². The summed E-state index contributed by atoms with van der Waals surface area (Å²) in [6.45, 7) is 1.10. The minimum atomic E-state index is -3.37. The van der Waals surface area contributed by atoms with Crippen molar-refractivity contribution in [3.63, 3.8) is 0 Å². The molecule has 0 aliphatic carbocycles. The summed E-state index contributed by atoms with van der Waals surface area (Å²) in [7, 11) is -0.248. The van der Waals surface area contributed by atoms with Gasteiger partial charge in [0.1, 0.15) is 0 Å². The largest absolute Gasteiger partial charge is 0.478 e. The molecule has 1 aliphatic heterocycles. The first-order valence-corrected chi connectivity index (χ1v) is 10.6. The van der Waals surface area contributed by atoms with Gasteiger partial charge in [0.15, 0.2) is 0 Å². The first kappa shape index (κ1) is 20.4. The smallest absolute Gasteiger partial charge is 0.335 e. The SMILES string of the molecule is CN(C)S(=O)(=O)N1CCCC(Cc2ccc(-c3ccc(C(=O)O)cc3)nc2)C1. The maximum atomic E-state index is 12.4. The van der Waals surface area contributed by atoms with Gasteiger partial charge in [-0.2, -0.15) is 17.0 Å². The van der Waals surface area contributed by atoms with Crippen LogP contribution >= 0.6 is 0 Å². The van der Waals surface area contributed by atoms with Gasteiger partial charge in [-0.1, -0.05) is 18.2 Å². The summed E-state index contributed by atoms with van der Waals surface area (Å²) in [5, 5.41) is 8.98. The number of aromatic nitrogens is 1. The van der Waals surface area contributed by atoms with Crippen molar-refractivity contribution in [2.45, 2.75) is 19.3 Å². The summed E-state index contributed by atoms with van der Waals surface area (Å²) >= 11 is 0. The van der Waals surface area contributed by atoms with Gasteiger partial charge in [0.05, 0.1) is 11.3 Å². The van der Waals surface area contributed by atoms with E-state index in [4.69, 9.17) is 5.11 Å². The first-order chi connectivity index (χ1) is 13.3. The molecule has 0 bridgehead atoms. The molecular weight excluding hydrogens is 378 g/mol. The minimum absolute atomic E-state index is 0.245. The number of nitrogens with zero attached hydrogens (tertiary/aromatic N) is 3. The van der Waals surface area contributed by atoms with Crippen LogP contribution in [-0.4, -0.2) is 60.3 Å². The number of aromatic carboxylic acids is 1. The highest BCUT2D eigenvalue weighted by Crippen LogP contribution is 2.24. The van der Waals surface area contributed by atoms with E-state index < -0.39 is 16.2 Å². The lowest BCUT2D eigenvalue weighted by Gasteiger charge is -2.33. The molecule has 8 heteroatoms. The van der Waals surface area contributed by atoms with E-state index >= 15 is 0 Å². The number of hydrogen-bond acceptors (Lipinski definition) is 4. The number of benzene rings is 1. The molecule has 0 radical (unpaired) electrons. The molecule has 1 N–H and O–H groups in total. The number of carboxylic acid groups (broad SMARTS) is 1. The standard InChI is InChI=1S/C20H25N3O4S/c1-22(2)28(26,27)23-11-3-4-16(14-23)12-15-5-10-19(21-13-15)17-6-8-18(9-7-17)20(24)25/h5-10,13,16H,3-4,11-12,14H2,1-2H3,(H,24,25). The highest BCUT2D eigenvalue weighted by molar-refractivity contribution is 7.86. The molecule has 1 unspecified atom stereocenters. The Balaban J connectivity index is 1.66. The zero-order valence-corrected chi connectivity index (χ0v) is 16.9. The Labute approximate surface area is 165 Å². The third-order valence-electron chi connectivity index (χ3n) is 5.05. The maximum Gasteiger partial charge on any atom is 0.335 e. The van der Waals surface area contributed by atoms with Crippen LogP contribution in [0.4, 0.5) is 0 Å². The van der Waals surface area contributed by atoms with Crippen molar-refractivity contribution < 1.29 is 18.3 Å². The Morgan fingerprint density at radius 2 is 1.93 bits per heavy atom. The van der Waals surface area contributed by atoms with Gasteiger partial charge < -0.3 is 5.11 Å². The number of piperidine rings is 1. The molecule has 7 nitrogen and oxygen atoms in total. The lowest BCUT2D eigenvalue weighted by atomic mass is 9.93. The topological polar surface area (TPSA) is 90.8 Å². The van der Waals surface area contributed by atoms with Gasteiger partial charge in [0, 0.05) is 38.9 Å². The van der Waals surface area contributed by atoms with Crippen LogP contribution in [-0.2, 0) is 16.6 Å². The van der Waals surface area contributed by atoms with Gasteiger partial charge in [-0.25, -0.2) is 4.79 Å². The third kappa shape index (κ3) is 4.57. The zero-order chi connectivity index (χ0) is 20.3. The predicted molar refractivity (Wildman–Crippen MR) is 107 cm³/mol. The van der Waals surface area contributed by atoms with E-state index in [2.05, 4.69) is 4.98 Å². The number of carbonyl (C=O) groups is 1. The van der Waals surface area contributed by atoms with Crippen LogP contribution in [0.15, 0.2) is 42.6 Å². The molecule has 3 rings (SSSR count). The van der Waals surface area contributed by atoms with Crippen molar-refractivity contribution in [1.29, 1.82) is 0 Å². The third-order valence-corrected chi connectivity index (χ3v) is 6.95. The maximum absolute atomic E-state index is 12.4. The molecule has 0 spiro atoms. The second-order valence-electron chi connectivity index (χ2n) is 7.29. The molecule has 1 fully saturated rings. The molecule has 2 heterocycles. The van der Waals surface area contributed by atoms with E-state index in [-0.39, 0.29) is 11.5 Å². The van der Waals surface area contributed by atoms with Gasteiger partial charge in [-0.05, 0) is 48.9 Å². The summed E-state index contributed by atoms with van der Waals surface area (Å²) in [5.41, 5.74) is 2.95. The van der Waals surface area contributed by atoms with Gasteiger partial charge in [-0.15, -0.1) is 0 Å². The fourth-order valence-corrected chi connectivity index (χ4v) is 4.69. The molecule has 150 valence electrons. The van der Waals surface area contributed by atoms with Crippen LogP contribution in [0.2, 0.25) is 0 Å². The number of hydrogen-bond donors (Lipinski definition) is 1. The van der Waals surface area contributed by atoms with Crippen LogP contribution in [0.5, 0.6) is 0 Å². The van der Waals surface area contributed by atoms with Crippen LogP contribution in [0.3, 0.4) is 0 Å². The second-order valence-corrected chi connectivity index (χ2v) is 9.44. The van der Waals surface area contributed by atoms with Crippen LogP contribution in [0.25, 0.3) is 11.3 Å². The Hall–Kier alpha value is -2.29.